The van der Waals surface area contributed by atoms with Gasteiger partial charge in [-0.3, -0.25) is 14.9 Å². The van der Waals surface area contributed by atoms with Crippen LogP contribution in [-0.4, -0.2) is 16.2 Å². The Balaban J connectivity index is 3.25. The average Bonchev–Trinajstić information content (AvgIpc) is 2.24. The molecule has 0 saturated heterocycles. The molecule has 4 nitrogen and oxygen atoms in total. The van der Waals surface area contributed by atoms with Gasteiger partial charge in [0.2, 0.25) is 0 Å². The number of rotatable bonds is 4. The Labute approximate surface area is 118 Å². The van der Waals surface area contributed by atoms with E-state index in [1.165, 1.54) is 6.92 Å². The monoisotopic (exact) mass is 357 g/mol. The van der Waals surface area contributed by atoms with E-state index in [0.29, 0.717) is 0 Å². The molecule has 0 fully saturated rings. The zero-order valence-electron chi connectivity index (χ0n) is 9.40. The lowest BCUT2D eigenvalue weighted by atomic mass is 10.1. The summed E-state index contributed by atoms with van der Waals surface area (Å²) in [6, 6.07) is 2.99. The van der Waals surface area contributed by atoms with Crippen molar-refractivity contribution in [3.05, 3.63) is 33.9 Å². The molecule has 0 aliphatic heterocycles. The fraction of sp³-hybridized carbons (Fsp3) is 0.300. The maximum absolute atomic E-state index is 12.3. The van der Waals surface area contributed by atoms with Crippen LogP contribution in [0.15, 0.2) is 23.1 Å². The summed E-state index contributed by atoms with van der Waals surface area (Å²) in [5.74, 6) is -0.358. The lowest BCUT2D eigenvalue weighted by Crippen LogP contribution is -2.04. The first-order valence-corrected chi connectivity index (χ1v) is 6.53. The topological polar surface area (TPSA) is 60.2 Å². The number of carbonyl (C=O) groups is 1. The molecule has 1 rings (SSSR count). The zero-order chi connectivity index (χ0) is 14.8. The van der Waals surface area contributed by atoms with Crippen LogP contribution in [0.25, 0.3) is 0 Å². The maximum atomic E-state index is 12.3. The van der Waals surface area contributed by atoms with E-state index >= 15 is 0 Å². The summed E-state index contributed by atoms with van der Waals surface area (Å²) in [4.78, 5) is 19.8. The van der Waals surface area contributed by atoms with Crippen molar-refractivity contribution in [1.82, 2.24) is 0 Å². The predicted octanol–water partition coefficient (Wildman–Crippen LogP) is 4.23. The molecule has 0 radical (unpaired) electrons. The van der Waals surface area contributed by atoms with Crippen LogP contribution < -0.4 is 0 Å². The van der Waals surface area contributed by atoms with Crippen molar-refractivity contribution in [3.8, 4) is 0 Å². The quantitative estimate of drug-likeness (QED) is 0.350. The van der Waals surface area contributed by atoms with Crippen molar-refractivity contribution in [1.29, 1.82) is 0 Å². The highest BCUT2D eigenvalue weighted by Gasteiger charge is 2.30. The van der Waals surface area contributed by atoms with Crippen LogP contribution in [0, 0.1) is 10.1 Å². The molecule has 9 heteroatoms. The van der Waals surface area contributed by atoms with Gasteiger partial charge in [-0.05, 0) is 30.3 Å². The van der Waals surface area contributed by atoms with Crippen LogP contribution in [0.5, 0.6) is 0 Å². The van der Waals surface area contributed by atoms with Gasteiger partial charge in [-0.1, -0.05) is 15.9 Å². The lowest BCUT2D eigenvalue weighted by Gasteiger charge is -2.10. The number of nitrogens with zero attached hydrogens (tertiary/aromatic N) is 1. The van der Waals surface area contributed by atoms with E-state index in [9.17, 15) is 28.1 Å². The molecule has 1 unspecified atom stereocenters. The number of hydrogen-bond donors (Lipinski definition) is 0. The number of Topliss-reactive ketones (excluding diaryl/α,β-unsaturated/α-hetero) is 1. The van der Waals surface area contributed by atoms with Crippen molar-refractivity contribution < 1.29 is 22.9 Å². The fourth-order valence-corrected chi connectivity index (χ4v) is 2.19. The van der Waals surface area contributed by atoms with Gasteiger partial charge in [-0.25, -0.2) is 0 Å². The molecule has 0 bridgehead atoms. The first kappa shape index (κ1) is 16.0. The molecule has 0 aliphatic rings. The summed E-state index contributed by atoms with van der Waals surface area (Å²) in [5, 5.41) is 10.7. The number of ketones is 1. The predicted molar refractivity (Wildman–Crippen MR) is 67.4 cm³/mol. The number of carbonyl (C=O) groups excluding carboxylic acids is 1. The SMILES string of the molecule is CC(=O)C(Br)c1cc(SC(F)(F)F)cc([N+](=O)[O-])c1. The second-order valence-corrected chi connectivity index (χ2v) is 5.59. The molecule has 0 aromatic heterocycles. The fourth-order valence-electron chi connectivity index (χ4n) is 1.28. The summed E-state index contributed by atoms with van der Waals surface area (Å²) in [5.41, 5.74) is -4.92. The molecule has 0 N–H and O–H groups in total. The first-order chi connectivity index (χ1) is 8.60. The molecule has 104 valence electrons. The normalized spacial score (nSPS) is 13.1. The molecule has 1 atom stereocenters. The zero-order valence-corrected chi connectivity index (χ0v) is 11.8. The lowest BCUT2D eigenvalue weighted by molar-refractivity contribution is -0.385. The molecule has 19 heavy (non-hydrogen) atoms. The molecular weight excluding hydrogens is 351 g/mol. The van der Waals surface area contributed by atoms with E-state index in [0.717, 1.165) is 18.2 Å². The molecular formula is C10H7BrF3NO3S. The number of hydrogen-bond acceptors (Lipinski definition) is 4. The third-order valence-corrected chi connectivity index (χ3v) is 3.88. The number of halogens is 4. The van der Waals surface area contributed by atoms with Crippen LogP contribution in [-0.2, 0) is 4.79 Å². The highest BCUT2D eigenvalue weighted by Crippen LogP contribution is 2.40. The number of non-ortho nitro benzene ring substituents is 1. The van der Waals surface area contributed by atoms with Gasteiger partial charge < -0.3 is 0 Å². The van der Waals surface area contributed by atoms with Crippen LogP contribution in [0.1, 0.15) is 17.3 Å². The number of benzene rings is 1. The van der Waals surface area contributed by atoms with Gasteiger partial charge in [-0.2, -0.15) is 13.2 Å². The van der Waals surface area contributed by atoms with E-state index in [-0.39, 0.29) is 16.2 Å². The second kappa shape index (κ2) is 5.91. The summed E-state index contributed by atoms with van der Waals surface area (Å²) < 4.78 is 36.8. The molecule has 0 spiro atoms. The van der Waals surface area contributed by atoms with Crippen molar-refractivity contribution in [2.45, 2.75) is 22.2 Å². The minimum atomic E-state index is -4.55. The number of alkyl halides is 4. The number of nitro benzene ring substituents is 1. The van der Waals surface area contributed by atoms with Gasteiger partial charge in [0.25, 0.3) is 5.69 Å². The maximum Gasteiger partial charge on any atom is 0.446 e. The van der Waals surface area contributed by atoms with Crippen LogP contribution in [0.4, 0.5) is 18.9 Å². The van der Waals surface area contributed by atoms with Gasteiger partial charge >= 0.3 is 5.51 Å². The van der Waals surface area contributed by atoms with Gasteiger partial charge in [0.05, 0.1) is 9.75 Å². The summed E-state index contributed by atoms with van der Waals surface area (Å²) >= 11 is 2.52. The summed E-state index contributed by atoms with van der Waals surface area (Å²) in [6.07, 6.45) is 0. The third-order valence-electron chi connectivity index (χ3n) is 2.01. The molecule has 1 aromatic carbocycles. The van der Waals surface area contributed by atoms with Gasteiger partial charge in [0.15, 0.2) is 0 Å². The Morgan fingerprint density at radius 1 is 1.42 bits per heavy atom. The molecule has 0 amide bonds. The standard InChI is InChI=1S/C10H7BrF3NO3S/c1-5(16)9(11)6-2-7(15(17)18)4-8(3-6)19-10(12,13)14/h2-4,9H,1H3. The van der Waals surface area contributed by atoms with Crippen LogP contribution in [0.2, 0.25) is 0 Å². The van der Waals surface area contributed by atoms with E-state index in [4.69, 9.17) is 0 Å². The van der Waals surface area contributed by atoms with Crippen molar-refractivity contribution in [2.75, 3.05) is 0 Å². The van der Waals surface area contributed by atoms with Crippen molar-refractivity contribution in [3.63, 3.8) is 0 Å². The van der Waals surface area contributed by atoms with E-state index in [2.05, 4.69) is 15.9 Å². The average molecular weight is 358 g/mol. The Kier molecular flexibility index (Phi) is 4.97. The Morgan fingerprint density at radius 3 is 2.42 bits per heavy atom. The van der Waals surface area contributed by atoms with Crippen LogP contribution >= 0.6 is 27.7 Å². The van der Waals surface area contributed by atoms with Gasteiger partial charge in [-0.15, -0.1) is 0 Å². The summed E-state index contributed by atoms with van der Waals surface area (Å²) in [6.45, 7) is 1.23. The highest BCUT2D eigenvalue weighted by atomic mass is 79.9. The largest absolute Gasteiger partial charge is 0.446 e. The molecule has 1 aromatic rings. The molecule has 0 aliphatic carbocycles. The molecule has 0 heterocycles. The van der Waals surface area contributed by atoms with Crippen LogP contribution in [0.3, 0.4) is 0 Å². The summed E-state index contributed by atoms with van der Waals surface area (Å²) in [7, 11) is 0. The van der Waals surface area contributed by atoms with Crippen molar-refractivity contribution >= 4 is 39.2 Å². The minimum Gasteiger partial charge on any atom is -0.298 e. The Morgan fingerprint density at radius 2 is 2.00 bits per heavy atom. The molecule has 0 saturated carbocycles. The smallest absolute Gasteiger partial charge is 0.298 e. The minimum absolute atomic E-state index is 0.119. The van der Waals surface area contributed by atoms with Crippen molar-refractivity contribution in [2.24, 2.45) is 0 Å². The Hall–Kier alpha value is -1.09. The number of thioether (sulfide) groups is 1. The first-order valence-electron chi connectivity index (χ1n) is 4.80. The van der Waals surface area contributed by atoms with Gasteiger partial charge in [0.1, 0.15) is 5.78 Å². The van der Waals surface area contributed by atoms with Gasteiger partial charge in [0, 0.05) is 17.0 Å². The van der Waals surface area contributed by atoms with E-state index < -0.39 is 32.7 Å². The highest BCUT2D eigenvalue weighted by molar-refractivity contribution is 9.09. The third kappa shape index (κ3) is 4.83. The van der Waals surface area contributed by atoms with E-state index in [1.807, 2.05) is 0 Å². The second-order valence-electron chi connectivity index (χ2n) is 3.54. The number of nitro groups is 1. The Bertz CT molecular complexity index is 521. The van der Waals surface area contributed by atoms with E-state index in [1.54, 1.807) is 0 Å².